The second-order valence-electron chi connectivity index (χ2n) is 7.82. The zero-order valence-electron chi connectivity index (χ0n) is 14.4. The molecule has 126 valence electrons. The second-order valence-corrected chi connectivity index (χ2v) is 7.82. The average molecular weight is 330 g/mol. The van der Waals surface area contributed by atoms with Crippen LogP contribution in [0.3, 0.4) is 0 Å². The molecule has 1 fully saturated rings. The molecule has 0 aliphatic heterocycles. The van der Waals surface area contributed by atoms with Crippen molar-refractivity contribution in [2.45, 2.75) is 44.6 Å². The van der Waals surface area contributed by atoms with Gasteiger partial charge in [0.05, 0.1) is 11.6 Å². The first-order valence-electron chi connectivity index (χ1n) is 9.18. The molecule has 1 N–H and O–H groups in total. The molecule has 3 heteroatoms. The minimum Gasteiger partial charge on any atom is -0.393 e. The van der Waals surface area contributed by atoms with Gasteiger partial charge in [-0.3, -0.25) is 0 Å². The maximum absolute atomic E-state index is 10.5. The average Bonchev–Trinajstić information content (AvgIpc) is 2.96. The predicted octanol–water partition coefficient (Wildman–Crippen LogP) is 4.49. The molecule has 0 saturated heterocycles. The smallest absolute Gasteiger partial charge is 0.159 e. The lowest BCUT2D eigenvalue weighted by molar-refractivity contribution is 0.0457. The van der Waals surface area contributed by atoms with Gasteiger partial charge in [0.25, 0.3) is 0 Å². The normalized spacial score (nSPS) is 27.9. The summed E-state index contributed by atoms with van der Waals surface area (Å²) in [6, 6.07) is 14.7. The van der Waals surface area contributed by atoms with E-state index >= 15 is 0 Å². The largest absolute Gasteiger partial charge is 0.393 e. The summed E-state index contributed by atoms with van der Waals surface area (Å²) in [5.41, 5.74) is 4.92. The van der Waals surface area contributed by atoms with Crippen molar-refractivity contribution in [3.05, 3.63) is 59.8 Å². The highest BCUT2D eigenvalue weighted by molar-refractivity contribution is 5.82. The fraction of sp³-hybridized carbons (Fsp3) is 0.364. The van der Waals surface area contributed by atoms with Gasteiger partial charge in [-0.15, -0.1) is 0 Å². The van der Waals surface area contributed by atoms with Crippen LogP contribution in [0, 0.1) is 5.41 Å². The Morgan fingerprint density at radius 2 is 1.96 bits per heavy atom. The molecule has 2 aliphatic carbocycles. The van der Waals surface area contributed by atoms with Crippen molar-refractivity contribution in [2.24, 2.45) is 5.41 Å². The molecular weight excluding hydrogens is 308 g/mol. The number of rotatable bonds is 1. The number of benzene rings is 2. The van der Waals surface area contributed by atoms with Crippen LogP contribution in [0.15, 0.2) is 48.7 Å². The Bertz CT molecular complexity index is 953. The third-order valence-corrected chi connectivity index (χ3v) is 6.47. The topological polar surface area (TPSA) is 46.0 Å². The van der Waals surface area contributed by atoms with Crippen LogP contribution in [0.5, 0.6) is 0 Å². The quantitative estimate of drug-likeness (QED) is 0.715. The van der Waals surface area contributed by atoms with Gasteiger partial charge in [0.1, 0.15) is 0 Å². The summed E-state index contributed by atoms with van der Waals surface area (Å²) >= 11 is 0. The van der Waals surface area contributed by atoms with Gasteiger partial charge in [0.15, 0.2) is 5.82 Å². The van der Waals surface area contributed by atoms with E-state index in [4.69, 9.17) is 4.98 Å². The fourth-order valence-corrected chi connectivity index (χ4v) is 4.88. The van der Waals surface area contributed by atoms with Crippen LogP contribution in [0.4, 0.5) is 0 Å². The number of hydrogen-bond acceptors (Lipinski definition) is 3. The first-order chi connectivity index (χ1) is 12.1. The molecule has 2 aliphatic rings. The monoisotopic (exact) mass is 330 g/mol. The van der Waals surface area contributed by atoms with Crippen LogP contribution in [0.25, 0.3) is 22.3 Å². The van der Waals surface area contributed by atoms with E-state index in [1.54, 1.807) is 0 Å². The van der Waals surface area contributed by atoms with E-state index in [1.807, 2.05) is 36.5 Å². The molecule has 3 aromatic rings. The first-order valence-corrected chi connectivity index (χ1v) is 9.18. The molecule has 1 heterocycles. The fourth-order valence-electron chi connectivity index (χ4n) is 4.88. The maximum atomic E-state index is 10.5. The molecule has 3 atom stereocenters. The van der Waals surface area contributed by atoms with E-state index in [0.717, 1.165) is 48.0 Å². The third kappa shape index (κ3) is 2.22. The van der Waals surface area contributed by atoms with Crippen LogP contribution >= 0.6 is 0 Å². The number of aliphatic hydroxyl groups is 1. The van der Waals surface area contributed by atoms with Crippen molar-refractivity contribution < 1.29 is 5.11 Å². The summed E-state index contributed by atoms with van der Waals surface area (Å²) in [4.78, 5) is 9.39. The summed E-state index contributed by atoms with van der Waals surface area (Å²) in [7, 11) is 0. The Morgan fingerprint density at radius 1 is 1.12 bits per heavy atom. The van der Waals surface area contributed by atoms with Crippen molar-refractivity contribution in [1.82, 2.24) is 9.97 Å². The van der Waals surface area contributed by atoms with Crippen molar-refractivity contribution in [3.63, 3.8) is 0 Å². The van der Waals surface area contributed by atoms with Crippen LogP contribution in [-0.2, 0) is 6.42 Å². The SMILES string of the molecule is CC12CCc3cc4nc(-c5ccccc5)ncc4cc3C1CCC2O. The van der Waals surface area contributed by atoms with Gasteiger partial charge in [0, 0.05) is 22.6 Å². The molecule has 25 heavy (non-hydrogen) atoms. The Kier molecular flexibility index (Phi) is 3.23. The summed E-state index contributed by atoms with van der Waals surface area (Å²) < 4.78 is 0. The Balaban J connectivity index is 1.63. The van der Waals surface area contributed by atoms with Gasteiger partial charge < -0.3 is 5.11 Å². The van der Waals surface area contributed by atoms with Crippen LogP contribution in [0.2, 0.25) is 0 Å². The zero-order chi connectivity index (χ0) is 17.0. The third-order valence-electron chi connectivity index (χ3n) is 6.47. The van der Waals surface area contributed by atoms with Crippen LogP contribution in [-0.4, -0.2) is 21.2 Å². The molecule has 1 saturated carbocycles. The van der Waals surface area contributed by atoms with Crippen molar-refractivity contribution in [1.29, 1.82) is 0 Å². The number of nitrogens with zero attached hydrogens (tertiary/aromatic N) is 2. The van der Waals surface area contributed by atoms with Crippen LogP contribution in [0.1, 0.15) is 43.2 Å². The number of aromatic nitrogens is 2. The number of aliphatic hydroxyl groups excluding tert-OH is 1. The number of aryl methyl sites for hydroxylation is 1. The Labute approximate surface area is 147 Å². The standard InChI is InChI=1S/C22H22N2O/c1-22-10-9-15-12-19-16(11-17(15)18(22)7-8-20(22)25)13-23-21(24-19)14-5-3-2-4-6-14/h2-6,11-13,18,20,25H,7-10H2,1H3. The highest BCUT2D eigenvalue weighted by atomic mass is 16.3. The van der Waals surface area contributed by atoms with Crippen molar-refractivity contribution in [3.8, 4) is 11.4 Å². The highest BCUT2D eigenvalue weighted by Crippen LogP contribution is 2.55. The van der Waals surface area contributed by atoms with Gasteiger partial charge in [-0.2, -0.15) is 0 Å². The lowest BCUT2D eigenvalue weighted by atomic mass is 9.66. The van der Waals surface area contributed by atoms with Gasteiger partial charge in [-0.1, -0.05) is 37.3 Å². The van der Waals surface area contributed by atoms with E-state index < -0.39 is 0 Å². The molecule has 2 aromatic carbocycles. The summed E-state index contributed by atoms with van der Waals surface area (Å²) in [5, 5.41) is 11.6. The van der Waals surface area contributed by atoms with E-state index in [2.05, 4.69) is 24.0 Å². The Hall–Kier alpha value is -2.26. The number of hydrogen-bond donors (Lipinski definition) is 1. The first kappa shape index (κ1) is 15.0. The Morgan fingerprint density at radius 3 is 2.80 bits per heavy atom. The van der Waals surface area contributed by atoms with Crippen LogP contribution < -0.4 is 0 Å². The van der Waals surface area contributed by atoms with E-state index in [9.17, 15) is 5.11 Å². The molecular formula is C22H22N2O. The lowest BCUT2D eigenvalue weighted by Gasteiger charge is -2.40. The van der Waals surface area contributed by atoms with Gasteiger partial charge in [-0.05, 0) is 54.9 Å². The van der Waals surface area contributed by atoms with Gasteiger partial charge >= 0.3 is 0 Å². The minimum absolute atomic E-state index is 0.0332. The van der Waals surface area contributed by atoms with Gasteiger partial charge in [-0.25, -0.2) is 9.97 Å². The summed E-state index contributed by atoms with van der Waals surface area (Å²) in [6.45, 7) is 2.26. The van der Waals surface area contributed by atoms with Crippen molar-refractivity contribution >= 4 is 10.9 Å². The molecule has 3 nitrogen and oxygen atoms in total. The molecule has 5 rings (SSSR count). The lowest BCUT2D eigenvalue weighted by Crippen LogP contribution is -2.35. The van der Waals surface area contributed by atoms with E-state index in [0.29, 0.717) is 5.92 Å². The van der Waals surface area contributed by atoms with Gasteiger partial charge in [0.2, 0.25) is 0 Å². The van der Waals surface area contributed by atoms with Crippen molar-refractivity contribution in [2.75, 3.05) is 0 Å². The summed E-state index contributed by atoms with van der Waals surface area (Å²) in [5.74, 6) is 1.24. The predicted molar refractivity (Wildman–Crippen MR) is 99.4 cm³/mol. The molecule has 0 spiro atoms. The molecule has 0 bridgehead atoms. The molecule has 0 amide bonds. The highest BCUT2D eigenvalue weighted by Gasteiger charge is 2.48. The molecule has 1 aromatic heterocycles. The summed E-state index contributed by atoms with van der Waals surface area (Å²) in [6.07, 6.45) is 5.87. The molecule has 3 unspecified atom stereocenters. The second kappa shape index (κ2) is 5.37. The van der Waals surface area contributed by atoms with E-state index in [-0.39, 0.29) is 11.5 Å². The van der Waals surface area contributed by atoms with E-state index in [1.165, 1.54) is 11.1 Å². The minimum atomic E-state index is -0.168. The zero-order valence-corrected chi connectivity index (χ0v) is 14.4. The molecule has 0 radical (unpaired) electrons. The maximum Gasteiger partial charge on any atom is 0.159 e. The number of fused-ring (bicyclic) bond motifs is 4.